The molecule has 10 nitrogen and oxygen atoms in total. The van der Waals surface area contributed by atoms with Gasteiger partial charge in [-0.2, -0.15) is 4.68 Å². The number of amides is 2. The fourth-order valence-electron chi connectivity index (χ4n) is 4.20. The monoisotopic (exact) mass is 418 g/mol. The van der Waals surface area contributed by atoms with Gasteiger partial charge in [-0.1, -0.05) is 30.3 Å². The van der Waals surface area contributed by atoms with Crippen LogP contribution < -0.4 is 4.90 Å². The average Bonchev–Trinajstić information content (AvgIpc) is 3.42. The molecule has 10 heteroatoms. The number of nitrogens with zero attached hydrogens (tertiary/aromatic N) is 6. The molecule has 5 rings (SSSR count). The van der Waals surface area contributed by atoms with E-state index < -0.39 is 11.6 Å². The number of benzene rings is 2. The van der Waals surface area contributed by atoms with Crippen LogP contribution in [-0.4, -0.2) is 55.6 Å². The van der Waals surface area contributed by atoms with Gasteiger partial charge in [0.1, 0.15) is 0 Å². The van der Waals surface area contributed by atoms with Crippen LogP contribution in [0.5, 0.6) is 0 Å². The van der Waals surface area contributed by atoms with E-state index in [4.69, 9.17) is 4.74 Å². The van der Waals surface area contributed by atoms with E-state index in [0.29, 0.717) is 22.8 Å². The van der Waals surface area contributed by atoms with Gasteiger partial charge in [0, 0.05) is 19.9 Å². The highest BCUT2D eigenvalue weighted by atomic mass is 16.5. The molecule has 3 heterocycles. The van der Waals surface area contributed by atoms with E-state index in [1.54, 1.807) is 24.3 Å². The van der Waals surface area contributed by atoms with Crippen LogP contribution in [0.15, 0.2) is 54.6 Å². The van der Waals surface area contributed by atoms with Gasteiger partial charge >= 0.3 is 5.97 Å². The fourth-order valence-corrected chi connectivity index (χ4v) is 4.20. The molecule has 2 amide bonds. The fraction of sp³-hybridized carbons (Fsp3) is 0.238. The Labute approximate surface area is 177 Å². The maximum atomic E-state index is 13.4. The highest BCUT2D eigenvalue weighted by Crippen LogP contribution is 2.44. The minimum absolute atomic E-state index is 0.128. The number of ether oxygens (including phenoxy) is 1. The Morgan fingerprint density at radius 2 is 1.84 bits per heavy atom. The van der Waals surface area contributed by atoms with Crippen molar-refractivity contribution in [2.45, 2.75) is 25.1 Å². The maximum Gasteiger partial charge on any atom is 0.354 e. The second-order valence-corrected chi connectivity index (χ2v) is 7.35. The number of likely N-dealkylation sites (N-methyl/N-ethyl adjacent to an activating group) is 1. The normalized spacial score (nSPS) is 19.9. The topological polar surface area (TPSA) is 111 Å². The molecule has 1 fully saturated rings. The third-order valence-corrected chi connectivity index (χ3v) is 5.74. The Morgan fingerprint density at radius 1 is 1.10 bits per heavy atom. The first kappa shape index (κ1) is 18.9. The van der Waals surface area contributed by atoms with E-state index in [9.17, 15) is 14.4 Å². The molecule has 156 valence electrons. The lowest BCUT2D eigenvalue weighted by atomic mass is 9.97. The summed E-state index contributed by atoms with van der Waals surface area (Å²) in [6.07, 6.45) is 0.272. The van der Waals surface area contributed by atoms with Crippen LogP contribution >= 0.6 is 0 Å². The van der Waals surface area contributed by atoms with Crippen LogP contribution in [-0.2, 0) is 20.9 Å². The lowest BCUT2D eigenvalue weighted by Gasteiger charge is -2.46. The van der Waals surface area contributed by atoms with Crippen LogP contribution in [0.1, 0.15) is 29.0 Å². The van der Waals surface area contributed by atoms with Crippen LogP contribution in [0.2, 0.25) is 0 Å². The van der Waals surface area contributed by atoms with E-state index >= 15 is 0 Å². The summed E-state index contributed by atoms with van der Waals surface area (Å²) >= 11 is 0. The quantitative estimate of drug-likeness (QED) is 0.588. The maximum absolute atomic E-state index is 13.4. The van der Waals surface area contributed by atoms with Crippen molar-refractivity contribution in [3.05, 3.63) is 66.0 Å². The molecule has 2 aliphatic heterocycles. The molecule has 1 aromatic heterocycles. The molecule has 0 spiro atoms. The molecule has 0 unspecified atom stereocenters. The number of hydrogen-bond donors (Lipinski definition) is 0. The van der Waals surface area contributed by atoms with Crippen molar-refractivity contribution < 1.29 is 19.1 Å². The third-order valence-electron chi connectivity index (χ3n) is 5.74. The zero-order valence-corrected chi connectivity index (χ0v) is 16.6. The number of rotatable bonds is 4. The van der Waals surface area contributed by atoms with Gasteiger partial charge in [0.25, 0.3) is 5.91 Å². The summed E-state index contributed by atoms with van der Waals surface area (Å²) in [6, 6.07) is 16.0. The smallest absolute Gasteiger partial charge is 0.354 e. The van der Waals surface area contributed by atoms with E-state index in [0.717, 1.165) is 0 Å². The van der Waals surface area contributed by atoms with Crippen molar-refractivity contribution in [2.75, 3.05) is 11.9 Å². The first-order valence-electron chi connectivity index (χ1n) is 9.74. The van der Waals surface area contributed by atoms with Gasteiger partial charge in [-0.3, -0.25) is 14.5 Å². The average molecular weight is 418 g/mol. The Kier molecular flexibility index (Phi) is 4.28. The summed E-state index contributed by atoms with van der Waals surface area (Å²) in [5.41, 5.74) is -0.0303. The standard InChI is InChI=1S/C21H18N6O4/c1-25-19(29)15-9-5-6-10-16(15)26-18(28)11-12-21(25,26)20(30)31-13-17-22-23-24-27(17)14-7-3-2-4-8-14/h2-10H,11-13H2,1H3/t21-/m1/s1. The van der Waals surface area contributed by atoms with Gasteiger partial charge in [0.15, 0.2) is 12.4 Å². The summed E-state index contributed by atoms with van der Waals surface area (Å²) in [4.78, 5) is 41.8. The van der Waals surface area contributed by atoms with Crippen molar-refractivity contribution in [1.82, 2.24) is 25.1 Å². The second kappa shape index (κ2) is 7.01. The molecule has 31 heavy (non-hydrogen) atoms. The minimum Gasteiger partial charge on any atom is -0.454 e. The molecular weight excluding hydrogens is 400 g/mol. The molecule has 0 N–H and O–H groups in total. The SMILES string of the molecule is CN1C(=O)c2ccccc2N2C(=O)CC[C@@]12C(=O)OCc1nnnn1-c1ccccc1. The van der Waals surface area contributed by atoms with Gasteiger partial charge < -0.3 is 9.64 Å². The number of hydrogen-bond acceptors (Lipinski definition) is 7. The third kappa shape index (κ3) is 2.71. The van der Waals surface area contributed by atoms with Crippen LogP contribution in [0.3, 0.4) is 0 Å². The molecule has 2 aliphatic rings. The summed E-state index contributed by atoms with van der Waals surface area (Å²) in [5.74, 6) is -0.964. The molecule has 3 aromatic rings. The highest BCUT2D eigenvalue weighted by molar-refractivity contribution is 6.15. The van der Waals surface area contributed by atoms with Gasteiger partial charge in [0.2, 0.25) is 11.6 Å². The van der Waals surface area contributed by atoms with Crippen LogP contribution in [0, 0.1) is 0 Å². The number of esters is 1. The number of fused-ring (bicyclic) bond motifs is 3. The van der Waals surface area contributed by atoms with E-state index in [2.05, 4.69) is 15.5 Å². The molecule has 1 atom stereocenters. The summed E-state index contributed by atoms with van der Waals surface area (Å²) in [7, 11) is 1.51. The van der Waals surface area contributed by atoms with Crippen molar-refractivity contribution in [3.63, 3.8) is 0 Å². The Morgan fingerprint density at radius 3 is 2.65 bits per heavy atom. The summed E-state index contributed by atoms with van der Waals surface area (Å²) in [6.45, 7) is -0.214. The molecular formula is C21H18N6O4. The number of anilines is 1. The molecule has 0 radical (unpaired) electrons. The number of para-hydroxylation sites is 2. The van der Waals surface area contributed by atoms with Crippen LogP contribution in [0.25, 0.3) is 5.69 Å². The predicted molar refractivity (Wildman–Crippen MR) is 107 cm³/mol. The van der Waals surface area contributed by atoms with Gasteiger partial charge in [-0.25, -0.2) is 4.79 Å². The number of tetrazole rings is 1. The van der Waals surface area contributed by atoms with E-state index in [1.807, 2.05) is 30.3 Å². The summed E-state index contributed by atoms with van der Waals surface area (Å²) in [5, 5.41) is 11.6. The van der Waals surface area contributed by atoms with Gasteiger partial charge in [-0.15, -0.1) is 5.10 Å². The number of carbonyl (C=O) groups is 3. The Bertz CT molecular complexity index is 1190. The highest BCUT2D eigenvalue weighted by Gasteiger charge is 2.60. The molecule has 2 aromatic carbocycles. The lowest BCUT2D eigenvalue weighted by molar-refractivity contribution is -0.158. The second-order valence-electron chi connectivity index (χ2n) is 7.35. The summed E-state index contributed by atoms with van der Waals surface area (Å²) < 4.78 is 7.05. The lowest BCUT2D eigenvalue weighted by Crippen LogP contribution is -2.67. The van der Waals surface area contributed by atoms with Gasteiger partial charge in [-0.05, 0) is 34.7 Å². The molecule has 0 aliphatic carbocycles. The Hall–Kier alpha value is -4.08. The first-order chi connectivity index (χ1) is 15.0. The van der Waals surface area contributed by atoms with Crippen molar-refractivity contribution in [2.24, 2.45) is 0 Å². The largest absolute Gasteiger partial charge is 0.454 e. The molecule has 0 saturated carbocycles. The van der Waals surface area contributed by atoms with E-state index in [-0.39, 0.29) is 31.3 Å². The van der Waals surface area contributed by atoms with Crippen molar-refractivity contribution in [1.29, 1.82) is 0 Å². The number of carbonyl (C=O) groups excluding carboxylic acids is 3. The minimum atomic E-state index is -1.53. The van der Waals surface area contributed by atoms with E-state index in [1.165, 1.54) is 21.5 Å². The zero-order chi connectivity index (χ0) is 21.6. The number of aromatic nitrogens is 4. The van der Waals surface area contributed by atoms with Crippen molar-refractivity contribution in [3.8, 4) is 5.69 Å². The van der Waals surface area contributed by atoms with Gasteiger partial charge in [0.05, 0.1) is 16.9 Å². The predicted octanol–water partition coefficient (Wildman–Crippen LogP) is 1.31. The van der Waals surface area contributed by atoms with Crippen molar-refractivity contribution >= 4 is 23.5 Å². The Balaban J connectivity index is 1.46. The molecule has 0 bridgehead atoms. The zero-order valence-electron chi connectivity index (χ0n) is 16.6. The first-order valence-corrected chi connectivity index (χ1v) is 9.74. The van der Waals surface area contributed by atoms with Crippen LogP contribution in [0.4, 0.5) is 5.69 Å². The molecule has 1 saturated heterocycles.